The first-order valence-corrected chi connectivity index (χ1v) is 10.3. The molecular formula is C22H16IN3O4. The smallest absolute Gasteiger partial charge is 0.401 e. The fraction of sp³-hybridized carbons (Fsp3) is 0.0909. The van der Waals surface area contributed by atoms with Gasteiger partial charge in [-0.15, -0.1) is 0 Å². The molecule has 8 heteroatoms. The fourth-order valence-electron chi connectivity index (χ4n) is 3.13. The van der Waals surface area contributed by atoms with Crippen molar-refractivity contribution in [1.29, 1.82) is 0 Å². The third-order valence-electron chi connectivity index (χ3n) is 4.60. The van der Waals surface area contributed by atoms with E-state index in [1.165, 1.54) is 12.1 Å². The molecule has 0 saturated carbocycles. The monoisotopic (exact) mass is 513 g/mol. The molecule has 0 atom stereocenters. The van der Waals surface area contributed by atoms with E-state index in [0.717, 1.165) is 9.13 Å². The first-order valence-electron chi connectivity index (χ1n) is 9.17. The number of hydrogen-bond acceptors (Lipinski definition) is 5. The number of aryl methyl sites for hydroxylation is 1. The van der Waals surface area contributed by atoms with Gasteiger partial charge in [-0.1, -0.05) is 30.3 Å². The predicted octanol–water partition coefficient (Wildman–Crippen LogP) is 4.92. The average molecular weight is 513 g/mol. The Labute approximate surface area is 185 Å². The zero-order valence-corrected chi connectivity index (χ0v) is 17.9. The molecule has 0 amide bonds. The summed E-state index contributed by atoms with van der Waals surface area (Å²) in [7, 11) is 0. The number of nitro groups is 1. The second kappa shape index (κ2) is 8.62. The summed E-state index contributed by atoms with van der Waals surface area (Å²) < 4.78 is 7.75. The summed E-state index contributed by atoms with van der Waals surface area (Å²) in [5.74, 6) is 0.439. The highest BCUT2D eigenvalue weighted by Crippen LogP contribution is 2.19. The fourth-order valence-corrected chi connectivity index (χ4v) is 3.62. The number of halogens is 1. The van der Waals surface area contributed by atoms with Crippen molar-refractivity contribution in [3.05, 3.63) is 102 Å². The van der Waals surface area contributed by atoms with Gasteiger partial charge < -0.3 is 4.42 Å². The molecule has 0 fully saturated rings. The quantitative estimate of drug-likeness (QED) is 0.208. The predicted molar refractivity (Wildman–Crippen MR) is 123 cm³/mol. The van der Waals surface area contributed by atoms with E-state index in [1.807, 2.05) is 48.5 Å². The first-order chi connectivity index (χ1) is 14.5. The Kier molecular flexibility index (Phi) is 5.75. The number of rotatable bonds is 6. The lowest BCUT2D eigenvalue weighted by molar-refractivity contribution is -0.402. The Morgan fingerprint density at radius 1 is 1.10 bits per heavy atom. The van der Waals surface area contributed by atoms with E-state index in [-0.39, 0.29) is 11.4 Å². The topological polar surface area (TPSA) is 91.2 Å². The van der Waals surface area contributed by atoms with Crippen LogP contribution in [0.25, 0.3) is 23.1 Å². The minimum Gasteiger partial charge on any atom is -0.401 e. The van der Waals surface area contributed by atoms with Crippen LogP contribution in [0.4, 0.5) is 5.88 Å². The molecule has 2 aromatic heterocycles. The zero-order chi connectivity index (χ0) is 21.1. The van der Waals surface area contributed by atoms with Crippen molar-refractivity contribution in [3.63, 3.8) is 0 Å². The molecule has 2 aromatic carbocycles. The van der Waals surface area contributed by atoms with E-state index in [9.17, 15) is 14.9 Å². The molecule has 0 bridgehead atoms. The SMILES string of the molecule is O=c1c2cc(I)ccc2nc(C=Cc2ccc([N+](=O)[O-])o2)n1CCc1ccccc1. The largest absolute Gasteiger partial charge is 0.433 e. The van der Waals surface area contributed by atoms with E-state index in [0.29, 0.717) is 35.5 Å². The number of furan rings is 1. The molecule has 4 rings (SSSR count). The van der Waals surface area contributed by atoms with Crippen molar-refractivity contribution in [1.82, 2.24) is 9.55 Å². The van der Waals surface area contributed by atoms with Gasteiger partial charge >= 0.3 is 5.88 Å². The Bertz CT molecular complexity index is 1310. The second-order valence-electron chi connectivity index (χ2n) is 6.59. The summed E-state index contributed by atoms with van der Waals surface area (Å²) in [6.45, 7) is 0.454. The van der Waals surface area contributed by atoms with Gasteiger partial charge in [-0.2, -0.15) is 0 Å². The molecule has 2 heterocycles. The number of hydrogen-bond donors (Lipinski definition) is 0. The van der Waals surface area contributed by atoms with Crippen LogP contribution in [0.1, 0.15) is 17.1 Å². The molecule has 0 N–H and O–H groups in total. The number of nitrogens with zero attached hydrogens (tertiary/aromatic N) is 3. The molecule has 0 saturated heterocycles. The Morgan fingerprint density at radius 2 is 1.90 bits per heavy atom. The molecule has 0 aliphatic carbocycles. The lowest BCUT2D eigenvalue weighted by Gasteiger charge is -2.11. The normalized spacial score (nSPS) is 11.4. The van der Waals surface area contributed by atoms with Crippen molar-refractivity contribution >= 4 is 51.5 Å². The van der Waals surface area contributed by atoms with Crippen LogP contribution in [0.15, 0.2) is 69.9 Å². The van der Waals surface area contributed by atoms with Gasteiger partial charge in [0.05, 0.1) is 17.0 Å². The van der Waals surface area contributed by atoms with Crippen molar-refractivity contribution in [2.75, 3.05) is 0 Å². The maximum atomic E-state index is 13.2. The Morgan fingerprint density at radius 3 is 2.63 bits per heavy atom. The van der Waals surface area contributed by atoms with Gasteiger partial charge in [0.1, 0.15) is 16.5 Å². The zero-order valence-electron chi connectivity index (χ0n) is 15.7. The highest BCUT2D eigenvalue weighted by atomic mass is 127. The van der Waals surface area contributed by atoms with Gasteiger partial charge in [-0.05, 0) is 71.0 Å². The van der Waals surface area contributed by atoms with Crippen LogP contribution < -0.4 is 5.56 Å². The molecule has 30 heavy (non-hydrogen) atoms. The highest BCUT2D eigenvalue weighted by Gasteiger charge is 2.12. The van der Waals surface area contributed by atoms with Crippen LogP contribution in [-0.4, -0.2) is 14.5 Å². The summed E-state index contributed by atoms with van der Waals surface area (Å²) in [6, 6.07) is 18.2. The van der Waals surface area contributed by atoms with Crippen molar-refractivity contribution in [3.8, 4) is 0 Å². The van der Waals surface area contributed by atoms with Gasteiger partial charge in [0.15, 0.2) is 0 Å². The van der Waals surface area contributed by atoms with Crippen molar-refractivity contribution in [2.24, 2.45) is 0 Å². The first kappa shape index (κ1) is 20.0. The van der Waals surface area contributed by atoms with Gasteiger partial charge in [-0.25, -0.2) is 4.98 Å². The van der Waals surface area contributed by atoms with Crippen LogP contribution >= 0.6 is 22.6 Å². The maximum Gasteiger partial charge on any atom is 0.433 e. The van der Waals surface area contributed by atoms with Crippen molar-refractivity contribution in [2.45, 2.75) is 13.0 Å². The van der Waals surface area contributed by atoms with E-state index >= 15 is 0 Å². The Hall–Kier alpha value is -3.27. The average Bonchev–Trinajstić information content (AvgIpc) is 3.22. The molecule has 0 radical (unpaired) electrons. The van der Waals surface area contributed by atoms with Gasteiger partial charge in [0.25, 0.3) is 5.56 Å². The summed E-state index contributed by atoms with van der Waals surface area (Å²) in [5.41, 5.74) is 1.59. The summed E-state index contributed by atoms with van der Waals surface area (Å²) in [6.07, 6.45) is 3.89. The Balaban J connectivity index is 1.75. The molecule has 7 nitrogen and oxygen atoms in total. The third-order valence-corrected chi connectivity index (χ3v) is 5.27. The highest BCUT2D eigenvalue weighted by molar-refractivity contribution is 14.1. The minimum atomic E-state index is -0.594. The van der Waals surface area contributed by atoms with E-state index < -0.39 is 4.92 Å². The second-order valence-corrected chi connectivity index (χ2v) is 7.84. The molecule has 0 aliphatic rings. The van der Waals surface area contributed by atoms with Gasteiger partial charge in [0.2, 0.25) is 0 Å². The third kappa shape index (κ3) is 4.33. The molecular weight excluding hydrogens is 497 g/mol. The van der Waals surface area contributed by atoms with Crippen molar-refractivity contribution < 1.29 is 9.34 Å². The van der Waals surface area contributed by atoms with Gasteiger partial charge in [0, 0.05) is 10.1 Å². The molecule has 0 unspecified atom stereocenters. The molecule has 4 aromatic rings. The van der Waals surface area contributed by atoms with Crippen LogP contribution in [0.3, 0.4) is 0 Å². The summed E-state index contributed by atoms with van der Waals surface area (Å²) >= 11 is 2.17. The lowest BCUT2D eigenvalue weighted by atomic mass is 10.1. The maximum absolute atomic E-state index is 13.2. The van der Waals surface area contributed by atoms with Crippen LogP contribution in [0, 0.1) is 13.7 Å². The lowest BCUT2D eigenvalue weighted by Crippen LogP contribution is -2.25. The number of aromatic nitrogens is 2. The van der Waals surface area contributed by atoms with Crippen LogP contribution in [0.5, 0.6) is 0 Å². The molecule has 0 spiro atoms. The van der Waals surface area contributed by atoms with Crippen LogP contribution in [0.2, 0.25) is 0 Å². The number of benzene rings is 2. The van der Waals surface area contributed by atoms with E-state index in [4.69, 9.17) is 4.42 Å². The summed E-state index contributed by atoms with van der Waals surface area (Å²) in [4.78, 5) is 28.1. The molecule has 0 aliphatic heterocycles. The minimum absolute atomic E-state index is 0.125. The number of fused-ring (bicyclic) bond motifs is 1. The van der Waals surface area contributed by atoms with E-state index in [2.05, 4.69) is 27.6 Å². The van der Waals surface area contributed by atoms with Crippen LogP contribution in [-0.2, 0) is 13.0 Å². The summed E-state index contributed by atoms with van der Waals surface area (Å²) in [5, 5.41) is 11.4. The van der Waals surface area contributed by atoms with Gasteiger partial charge in [-0.3, -0.25) is 19.5 Å². The van der Waals surface area contributed by atoms with E-state index in [1.54, 1.807) is 16.7 Å². The molecule has 150 valence electrons. The standard InChI is InChI=1S/C22H16IN3O4/c23-16-6-9-19-18(14-16)22(27)25(13-12-15-4-2-1-3-5-15)20(24-19)10-7-17-8-11-21(30-17)26(28)29/h1-11,14H,12-13H2.